The van der Waals surface area contributed by atoms with E-state index >= 15 is 0 Å². The van der Waals surface area contributed by atoms with Gasteiger partial charge in [0.2, 0.25) is 0 Å². The Kier molecular flexibility index (Phi) is 5.10. The van der Waals surface area contributed by atoms with Gasteiger partial charge in [0.05, 0.1) is 5.60 Å². The van der Waals surface area contributed by atoms with Crippen LogP contribution >= 0.6 is 0 Å². The first-order chi connectivity index (χ1) is 9.52. The lowest BCUT2D eigenvalue weighted by Gasteiger charge is -2.35. The Morgan fingerprint density at radius 1 is 1.40 bits per heavy atom. The standard InChI is InChI=1S/C15H23FN2O2/c1-18(11-15(19)4-6-20-7-5-15)10-13-3-2-12(9-17)8-14(13)16/h2-3,8,19H,4-7,9-11,17H2,1H3. The molecule has 1 fully saturated rings. The lowest BCUT2D eigenvalue weighted by atomic mass is 9.94. The summed E-state index contributed by atoms with van der Waals surface area (Å²) in [6.45, 7) is 2.51. The zero-order valence-corrected chi connectivity index (χ0v) is 11.9. The van der Waals surface area contributed by atoms with Crippen molar-refractivity contribution < 1.29 is 14.2 Å². The number of hydrogen-bond donors (Lipinski definition) is 2. The molecule has 1 aromatic rings. The van der Waals surface area contributed by atoms with Crippen molar-refractivity contribution in [2.45, 2.75) is 31.5 Å². The van der Waals surface area contributed by atoms with Crippen LogP contribution in [0.5, 0.6) is 0 Å². The Hall–Kier alpha value is -1.01. The SMILES string of the molecule is CN(Cc1ccc(CN)cc1F)CC1(O)CCOCC1. The quantitative estimate of drug-likeness (QED) is 0.853. The van der Waals surface area contributed by atoms with Crippen molar-refractivity contribution in [3.05, 3.63) is 35.1 Å². The van der Waals surface area contributed by atoms with E-state index < -0.39 is 5.60 Å². The molecular weight excluding hydrogens is 259 g/mol. The monoisotopic (exact) mass is 282 g/mol. The summed E-state index contributed by atoms with van der Waals surface area (Å²) >= 11 is 0. The molecule has 5 heteroatoms. The Bertz CT molecular complexity index is 447. The van der Waals surface area contributed by atoms with Crippen LogP contribution in [0.4, 0.5) is 4.39 Å². The van der Waals surface area contributed by atoms with Gasteiger partial charge >= 0.3 is 0 Å². The van der Waals surface area contributed by atoms with Gasteiger partial charge in [0.25, 0.3) is 0 Å². The number of halogens is 1. The average molecular weight is 282 g/mol. The summed E-state index contributed by atoms with van der Waals surface area (Å²) in [6, 6.07) is 5.09. The molecule has 0 saturated carbocycles. The molecule has 0 aromatic heterocycles. The second-order valence-corrected chi connectivity index (χ2v) is 5.64. The number of nitrogens with zero attached hydrogens (tertiary/aromatic N) is 1. The number of benzene rings is 1. The fourth-order valence-corrected chi connectivity index (χ4v) is 2.60. The molecule has 1 saturated heterocycles. The summed E-state index contributed by atoms with van der Waals surface area (Å²) < 4.78 is 19.2. The van der Waals surface area contributed by atoms with Gasteiger partial charge in [0.1, 0.15) is 5.82 Å². The van der Waals surface area contributed by atoms with E-state index in [9.17, 15) is 9.50 Å². The number of rotatable bonds is 5. The van der Waals surface area contributed by atoms with E-state index in [1.807, 2.05) is 18.0 Å². The van der Waals surface area contributed by atoms with Crippen molar-refractivity contribution in [1.29, 1.82) is 0 Å². The van der Waals surface area contributed by atoms with Crippen LogP contribution in [0, 0.1) is 5.82 Å². The zero-order chi connectivity index (χ0) is 14.6. The Labute approximate surface area is 119 Å². The van der Waals surface area contributed by atoms with Crippen LogP contribution in [-0.4, -0.2) is 42.4 Å². The number of hydrogen-bond acceptors (Lipinski definition) is 4. The minimum atomic E-state index is -0.722. The summed E-state index contributed by atoms with van der Waals surface area (Å²) in [5.74, 6) is -0.237. The van der Waals surface area contributed by atoms with Gasteiger partial charge in [-0.15, -0.1) is 0 Å². The van der Waals surface area contributed by atoms with Gasteiger partial charge in [0.15, 0.2) is 0 Å². The summed E-state index contributed by atoms with van der Waals surface area (Å²) in [4.78, 5) is 1.95. The van der Waals surface area contributed by atoms with E-state index in [2.05, 4.69) is 0 Å². The molecular formula is C15H23FN2O2. The topological polar surface area (TPSA) is 58.7 Å². The van der Waals surface area contributed by atoms with Gasteiger partial charge in [-0.2, -0.15) is 0 Å². The molecule has 0 bridgehead atoms. The number of ether oxygens (including phenoxy) is 1. The molecule has 20 heavy (non-hydrogen) atoms. The van der Waals surface area contributed by atoms with E-state index in [-0.39, 0.29) is 5.82 Å². The summed E-state index contributed by atoms with van der Waals surface area (Å²) in [6.07, 6.45) is 1.26. The molecule has 0 amide bonds. The van der Waals surface area contributed by atoms with Crippen LogP contribution < -0.4 is 5.73 Å². The maximum atomic E-state index is 13.9. The minimum absolute atomic E-state index is 0.237. The molecule has 3 N–H and O–H groups in total. The average Bonchev–Trinajstić information content (AvgIpc) is 2.41. The third kappa shape index (κ3) is 3.99. The normalized spacial score (nSPS) is 18.4. The van der Waals surface area contributed by atoms with Crippen molar-refractivity contribution in [3.8, 4) is 0 Å². The fourth-order valence-electron chi connectivity index (χ4n) is 2.60. The molecule has 1 aromatic carbocycles. The van der Waals surface area contributed by atoms with Crippen LogP contribution in [0.3, 0.4) is 0 Å². The molecule has 2 rings (SSSR count). The Morgan fingerprint density at radius 2 is 2.10 bits per heavy atom. The van der Waals surface area contributed by atoms with Crippen molar-refractivity contribution in [3.63, 3.8) is 0 Å². The highest BCUT2D eigenvalue weighted by atomic mass is 19.1. The zero-order valence-electron chi connectivity index (χ0n) is 11.9. The second kappa shape index (κ2) is 6.63. The van der Waals surface area contributed by atoms with Gasteiger partial charge in [-0.05, 0) is 18.7 Å². The maximum absolute atomic E-state index is 13.9. The first-order valence-electron chi connectivity index (χ1n) is 6.98. The molecule has 4 nitrogen and oxygen atoms in total. The van der Waals surface area contributed by atoms with E-state index in [0.29, 0.717) is 51.3 Å². The molecule has 1 aliphatic heterocycles. The highest BCUT2D eigenvalue weighted by Gasteiger charge is 2.31. The highest BCUT2D eigenvalue weighted by Crippen LogP contribution is 2.22. The van der Waals surface area contributed by atoms with Gasteiger partial charge in [0, 0.05) is 51.3 Å². The largest absolute Gasteiger partial charge is 0.388 e. The van der Waals surface area contributed by atoms with Crippen molar-refractivity contribution in [2.24, 2.45) is 5.73 Å². The van der Waals surface area contributed by atoms with Gasteiger partial charge in [-0.3, -0.25) is 4.90 Å². The van der Waals surface area contributed by atoms with Gasteiger partial charge < -0.3 is 15.6 Å². The van der Waals surface area contributed by atoms with E-state index in [1.165, 1.54) is 6.07 Å². The van der Waals surface area contributed by atoms with Crippen LogP contribution in [-0.2, 0) is 17.8 Å². The molecule has 1 heterocycles. The first kappa shape index (κ1) is 15.4. The van der Waals surface area contributed by atoms with E-state index in [0.717, 1.165) is 5.56 Å². The predicted octanol–water partition coefficient (Wildman–Crippen LogP) is 1.26. The summed E-state index contributed by atoms with van der Waals surface area (Å²) in [7, 11) is 1.89. The van der Waals surface area contributed by atoms with Crippen LogP contribution in [0.15, 0.2) is 18.2 Å². The minimum Gasteiger partial charge on any atom is -0.388 e. The summed E-state index contributed by atoms with van der Waals surface area (Å²) in [5.41, 5.74) is 6.18. The van der Waals surface area contributed by atoms with E-state index in [1.54, 1.807) is 6.07 Å². The lowest BCUT2D eigenvalue weighted by Crippen LogP contribution is -2.45. The van der Waals surface area contributed by atoms with E-state index in [4.69, 9.17) is 10.5 Å². The van der Waals surface area contributed by atoms with Crippen LogP contribution in [0.2, 0.25) is 0 Å². The van der Waals surface area contributed by atoms with Gasteiger partial charge in [-0.25, -0.2) is 4.39 Å². The van der Waals surface area contributed by atoms with Crippen molar-refractivity contribution >= 4 is 0 Å². The molecule has 112 valence electrons. The van der Waals surface area contributed by atoms with Crippen LogP contribution in [0.1, 0.15) is 24.0 Å². The van der Waals surface area contributed by atoms with Gasteiger partial charge in [-0.1, -0.05) is 12.1 Å². The Balaban J connectivity index is 1.95. The van der Waals surface area contributed by atoms with Crippen molar-refractivity contribution in [2.75, 3.05) is 26.8 Å². The molecule has 0 aliphatic carbocycles. The van der Waals surface area contributed by atoms with Crippen molar-refractivity contribution in [1.82, 2.24) is 4.90 Å². The molecule has 1 aliphatic rings. The first-order valence-corrected chi connectivity index (χ1v) is 6.98. The molecule has 0 atom stereocenters. The van der Waals surface area contributed by atoms with Crippen LogP contribution in [0.25, 0.3) is 0 Å². The molecule has 0 spiro atoms. The second-order valence-electron chi connectivity index (χ2n) is 5.64. The number of nitrogens with two attached hydrogens (primary N) is 1. The number of aliphatic hydroxyl groups is 1. The Morgan fingerprint density at radius 3 is 2.70 bits per heavy atom. The third-order valence-corrected chi connectivity index (χ3v) is 3.78. The molecule has 0 radical (unpaired) electrons. The summed E-state index contributed by atoms with van der Waals surface area (Å²) in [5, 5.41) is 10.4. The smallest absolute Gasteiger partial charge is 0.128 e. The number of likely N-dealkylation sites (N-methyl/N-ethyl adjacent to an activating group) is 1. The third-order valence-electron chi connectivity index (χ3n) is 3.78. The predicted molar refractivity (Wildman–Crippen MR) is 75.6 cm³/mol. The maximum Gasteiger partial charge on any atom is 0.128 e. The molecule has 0 unspecified atom stereocenters. The lowest BCUT2D eigenvalue weighted by molar-refractivity contribution is -0.0778. The highest BCUT2D eigenvalue weighted by molar-refractivity contribution is 5.24. The fraction of sp³-hybridized carbons (Fsp3) is 0.600.